The summed E-state index contributed by atoms with van der Waals surface area (Å²) in [5.41, 5.74) is 1.09. The Kier molecular flexibility index (Phi) is 5.67. The molecule has 3 rings (SSSR count). The first kappa shape index (κ1) is 18.2. The molecule has 1 saturated heterocycles. The van der Waals surface area contributed by atoms with Gasteiger partial charge >= 0.3 is 6.18 Å². The van der Waals surface area contributed by atoms with Gasteiger partial charge in [0.15, 0.2) is 0 Å². The summed E-state index contributed by atoms with van der Waals surface area (Å²) in [7, 11) is 0. The van der Waals surface area contributed by atoms with Crippen molar-refractivity contribution in [2.24, 2.45) is 0 Å². The zero-order valence-electron chi connectivity index (χ0n) is 13.9. The lowest BCUT2D eigenvalue weighted by Crippen LogP contribution is -3.27. The SMILES string of the molecule is FC(F)(F)c1ccccc1C[NH+]1CC[NH+](Cc2cccc(Cl)c2)CC1. The Morgan fingerprint density at radius 2 is 1.48 bits per heavy atom. The molecule has 0 unspecified atom stereocenters. The molecule has 0 radical (unpaired) electrons. The molecular formula is C19H22ClF3N2+2. The van der Waals surface area contributed by atoms with Gasteiger partial charge in [0.05, 0.1) is 5.56 Å². The first-order valence-corrected chi connectivity index (χ1v) is 8.86. The van der Waals surface area contributed by atoms with E-state index in [0.29, 0.717) is 12.1 Å². The van der Waals surface area contributed by atoms with Crippen LogP contribution in [0.25, 0.3) is 0 Å². The van der Waals surface area contributed by atoms with E-state index in [4.69, 9.17) is 11.6 Å². The van der Waals surface area contributed by atoms with E-state index < -0.39 is 11.7 Å². The van der Waals surface area contributed by atoms with Crippen molar-refractivity contribution in [3.8, 4) is 0 Å². The van der Waals surface area contributed by atoms with E-state index in [2.05, 4.69) is 6.07 Å². The van der Waals surface area contributed by atoms with Gasteiger partial charge in [-0.05, 0) is 18.2 Å². The van der Waals surface area contributed by atoms with Crippen LogP contribution in [0.5, 0.6) is 0 Å². The highest BCUT2D eigenvalue weighted by Gasteiger charge is 2.34. The summed E-state index contributed by atoms with van der Waals surface area (Å²) >= 11 is 6.02. The van der Waals surface area contributed by atoms with E-state index in [0.717, 1.165) is 37.7 Å². The summed E-state index contributed by atoms with van der Waals surface area (Å²) in [5, 5.41) is 0.741. The number of nitrogens with one attached hydrogen (secondary N) is 2. The molecule has 2 aromatic carbocycles. The van der Waals surface area contributed by atoms with Gasteiger partial charge in [-0.3, -0.25) is 0 Å². The molecule has 2 nitrogen and oxygen atoms in total. The summed E-state index contributed by atoms with van der Waals surface area (Å²) in [6, 6.07) is 13.8. The van der Waals surface area contributed by atoms with Crippen LogP contribution in [0, 0.1) is 0 Å². The average Bonchev–Trinajstić information content (AvgIpc) is 2.56. The Balaban J connectivity index is 1.57. The van der Waals surface area contributed by atoms with Crippen molar-refractivity contribution < 1.29 is 23.0 Å². The van der Waals surface area contributed by atoms with E-state index in [-0.39, 0.29) is 0 Å². The molecule has 2 N–H and O–H groups in total. The number of rotatable bonds is 4. The summed E-state index contributed by atoms with van der Waals surface area (Å²) in [6.45, 7) is 5.00. The number of benzene rings is 2. The minimum Gasteiger partial charge on any atom is -0.322 e. The third kappa shape index (κ3) is 4.97. The lowest BCUT2D eigenvalue weighted by molar-refractivity contribution is -1.02. The third-order valence-electron chi connectivity index (χ3n) is 4.77. The highest BCUT2D eigenvalue weighted by molar-refractivity contribution is 6.30. The third-order valence-corrected chi connectivity index (χ3v) is 5.01. The quantitative estimate of drug-likeness (QED) is 0.812. The molecule has 0 atom stereocenters. The number of hydrogen-bond donors (Lipinski definition) is 2. The number of hydrogen-bond acceptors (Lipinski definition) is 0. The van der Waals surface area contributed by atoms with Crippen LogP contribution in [-0.2, 0) is 19.3 Å². The predicted octanol–water partition coefficient (Wildman–Crippen LogP) is 1.84. The minimum absolute atomic E-state index is 0.392. The average molecular weight is 371 g/mol. The largest absolute Gasteiger partial charge is 0.416 e. The molecule has 2 aromatic rings. The van der Waals surface area contributed by atoms with Crippen molar-refractivity contribution >= 4 is 11.6 Å². The normalized spacial score (nSPS) is 21.3. The lowest BCUT2D eigenvalue weighted by Gasteiger charge is -2.30. The van der Waals surface area contributed by atoms with Crippen LogP contribution in [0.3, 0.4) is 0 Å². The minimum atomic E-state index is -4.28. The Morgan fingerprint density at radius 3 is 2.12 bits per heavy atom. The standard InChI is InChI=1S/C19H20ClF3N2/c20-17-6-3-4-15(12-17)13-24-8-10-25(11-9-24)14-16-5-1-2-7-18(16)19(21,22)23/h1-7,12H,8-11,13-14H2/p+2. The number of halogens is 4. The Morgan fingerprint density at radius 1 is 0.840 bits per heavy atom. The van der Waals surface area contributed by atoms with E-state index in [9.17, 15) is 13.2 Å². The van der Waals surface area contributed by atoms with Gasteiger partial charge in [-0.1, -0.05) is 41.9 Å². The summed E-state index contributed by atoms with van der Waals surface area (Å²) in [5.74, 6) is 0. The number of quaternary nitrogens is 2. The maximum atomic E-state index is 13.1. The molecule has 1 heterocycles. The highest BCUT2D eigenvalue weighted by Crippen LogP contribution is 2.31. The van der Waals surface area contributed by atoms with E-state index in [1.165, 1.54) is 27.5 Å². The Bertz CT molecular complexity index is 710. The summed E-state index contributed by atoms with van der Waals surface area (Å²) < 4.78 is 39.3. The summed E-state index contributed by atoms with van der Waals surface area (Å²) in [6.07, 6.45) is -4.28. The molecule has 1 fully saturated rings. The molecular weight excluding hydrogens is 349 g/mol. The highest BCUT2D eigenvalue weighted by atomic mass is 35.5. The van der Waals surface area contributed by atoms with Crippen LogP contribution < -0.4 is 9.80 Å². The van der Waals surface area contributed by atoms with Crippen molar-refractivity contribution in [1.29, 1.82) is 0 Å². The molecule has 0 spiro atoms. The molecule has 0 aliphatic carbocycles. The molecule has 6 heteroatoms. The fourth-order valence-corrected chi connectivity index (χ4v) is 3.68. The topological polar surface area (TPSA) is 8.88 Å². The monoisotopic (exact) mass is 370 g/mol. The van der Waals surface area contributed by atoms with Gasteiger partial charge in [-0.2, -0.15) is 13.2 Å². The van der Waals surface area contributed by atoms with Crippen molar-refractivity contribution in [3.05, 3.63) is 70.2 Å². The van der Waals surface area contributed by atoms with Crippen LogP contribution in [0.15, 0.2) is 48.5 Å². The summed E-state index contributed by atoms with van der Waals surface area (Å²) in [4.78, 5) is 2.67. The maximum absolute atomic E-state index is 13.1. The number of piperazine rings is 1. The van der Waals surface area contributed by atoms with Crippen molar-refractivity contribution in [2.75, 3.05) is 26.2 Å². The first-order valence-electron chi connectivity index (χ1n) is 8.48. The van der Waals surface area contributed by atoms with Gasteiger partial charge in [0.1, 0.15) is 39.3 Å². The molecule has 1 aliphatic heterocycles. The Labute approximate surface area is 150 Å². The van der Waals surface area contributed by atoms with Crippen LogP contribution in [-0.4, -0.2) is 26.2 Å². The van der Waals surface area contributed by atoms with Crippen molar-refractivity contribution in [1.82, 2.24) is 0 Å². The van der Waals surface area contributed by atoms with Gasteiger partial charge in [-0.25, -0.2) is 0 Å². The van der Waals surface area contributed by atoms with Gasteiger partial charge in [0.2, 0.25) is 0 Å². The van der Waals surface area contributed by atoms with E-state index in [1.54, 1.807) is 12.1 Å². The van der Waals surface area contributed by atoms with Crippen LogP contribution >= 0.6 is 11.6 Å². The molecule has 0 amide bonds. The lowest BCUT2D eigenvalue weighted by atomic mass is 10.1. The predicted molar refractivity (Wildman–Crippen MR) is 91.7 cm³/mol. The molecule has 0 bridgehead atoms. The van der Waals surface area contributed by atoms with E-state index in [1.807, 2.05) is 18.2 Å². The molecule has 25 heavy (non-hydrogen) atoms. The molecule has 0 aromatic heterocycles. The van der Waals surface area contributed by atoms with Gasteiger partial charge in [0.25, 0.3) is 0 Å². The molecule has 0 saturated carbocycles. The van der Waals surface area contributed by atoms with Crippen LogP contribution in [0.1, 0.15) is 16.7 Å². The molecule has 134 valence electrons. The van der Waals surface area contributed by atoms with Gasteiger partial charge in [-0.15, -0.1) is 0 Å². The van der Waals surface area contributed by atoms with Crippen molar-refractivity contribution in [2.45, 2.75) is 19.3 Å². The zero-order chi connectivity index (χ0) is 17.9. The van der Waals surface area contributed by atoms with Crippen LogP contribution in [0.2, 0.25) is 5.02 Å². The fourth-order valence-electron chi connectivity index (χ4n) is 3.47. The van der Waals surface area contributed by atoms with Crippen LogP contribution in [0.4, 0.5) is 13.2 Å². The van der Waals surface area contributed by atoms with Gasteiger partial charge < -0.3 is 9.80 Å². The smallest absolute Gasteiger partial charge is 0.322 e. The second-order valence-electron chi connectivity index (χ2n) is 6.64. The van der Waals surface area contributed by atoms with E-state index >= 15 is 0 Å². The number of alkyl halides is 3. The second kappa shape index (κ2) is 7.77. The zero-order valence-corrected chi connectivity index (χ0v) is 14.6. The second-order valence-corrected chi connectivity index (χ2v) is 7.07. The van der Waals surface area contributed by atoms with Gasteiger partial charge in [0, 0.05) is 16.1 Å². The Hall–Kier alpha value is -1.56. The van der Waals surface area contributed by atoms with Crippen molar-refractivity contribution in [3.63, 3.8) is 0 Å². The molecule has 1 aliphatic rings. The first-order chi connectivity index (χ1) is 11.9. The maximum Gasteiger partial charge on any atom is 0.416 e. The fraction of sp³-hybridized carbons (Fsp3) is 0.368.